The van der Waals surface area contributed by atoms with Gasteiger partial charge in [-0.1, -0.05) is 12.1 Å². The second-order valence-corrected chi connectivity index (χ2v) is 6.86. The van der Waals surface area contributed by atoms with Crippen LogP contribution in [0.2, 0.25) is 0 Å². The number of benzene rings is 1. The van der Waals surface area contributed by atoms with Crippen molar-refractivity contribution < 1.29 is 9.53 Å². The van der Waals surface area contributed by atoms with Crippen molar-refractivity contribution in [3.05, 3.63) is 60.9 Å². The molecule has 7 nitrogen and oxygen atoms in total. The van der Waals surface area contributed by atoms with Gasteiger partial charge in [0.15, 0.2) is 0 Å². The van der Waals surface area contributed by atoms with E-state index in [2.05, 4.69) is 14.6 Å². The summed E-state index contributed by atoms with van der Waals surface area (Å²) in [4.78, 5) is 19.0. The van der Waals surface area contributed by atoms with Crippen molar-refractivity contribution in [3.8, 4) is 11.4 Å². The molecule has 3 aromatic rings. The summed E-state index contributed by atoms with van der Waals surface area (Å²) in [5.74, 6) is 1.20. The van der Waals surface area contributed by atoms with Gasteiger partial charge in [0.05, 0.1) is 25.2 Å². The van der Waals surface area contributed by atoms with Gasteiger partial charge in [0.2, 0.25) is 0 Å². The van der Waals surface area contributed by atoms with Crippen LogP contribution in [0.25, 0.3) is 5.69 Å². The third-order valence-corrected chi connectivity index (χ3v) is 5.00. The fourth-order valence-electron chi connectivity index (χ4n) is 3.66. The molecule has 1 amide bonds. The Kier molecular flexibility index (Phi) is 4.91. The highest BCUT2D eigenvalue weighted by Crippen LogP contribution is 2.23. The Morgan fingerprint density at radius 3 is 3.04 bits per heavy atom. The van der Waals surface area contributed by atoms with E-state index < -0.39 is 0 Å². The zero-order valence-corrected chi connectivity index (χ0v) is 15.4. The highest BCUT2D eigenvalue weighted by molar-refractivity contribution is 5.93. The Labute approximate surface area is 158 Å². The Bertz CT molecular complexity index is 903. The molecule has 1 atom stereocenters. The van der Waals surface area contributed by atoms with Gasteiger partial charge in [0, 0.05) is 38.2 Å². The van der Waals surface area contributed by atoms with Crippen LogP contribution in [0.1, 0.15) is 23.2 Å². The highest BCUT2D eigenvalue weighted by Gasteiger charge is 2.25. The molecule has 1 fully saturated rings. The molecule has 0 N–H and O–H groups in total. The van der Waals surface area contributed by atoms with Gasteiger partial charge in [-0.3, -0.25) is 4.79 Å². The molecule has 2 aromatic heterocycles. The number of ether oxygens (including phenoxy) is 1. The molecule has 140 valence electrons. The summed E-state index contributed by atoms with van der Waals surface area (Å²) in [5.41, 5.74) is 1.42. The monoisotopic (exact) mass is 365 g/mol. The molecule has 4 rings (SSSR count). The van der Waals surface area contributed by atoms with E-state index >= 15 is 0 Å². The molecule has 1 aliphatic heterocycles. The minimum absolute atomic E-state index is 0.0338. The fourth-order valence-corrected chi connectivity index (χ4v) is 3.66. The molecule has 0 bridgehead atoms. The van der Waals surface area contributed by atoms with Crippen LogP contribution in [0.4, 0.5) is 0 Å². The molecule has 1 aliphatic rings. The third kappa shape index (κ3) is 3.72. The number of aromatic nitrogens is 4. The van der Waals surface area contributed by atoms with Crippen molar-refractivity contribution >= 4 is 5.91 Å². The maximum Gasteiger partial charge on any atom is 0.257 e. The lowest BCUT2D eigenvalue weighted by atomic mass is 9.97. The number of methoxy groups -OCH3 is 1. The van der Waals surface area contributed by atoms with E-state index in [1.54, 1.807) is 30.4 Å². The van der Waals surface area contributed by atoms with Crippen molar-refractivity contribution in [2.45, 2.75) is 19.4 Å². The molecule has 0 aliphatic carbocycles. The van der Waals surface area contributed by atoms with Crippen molar-refractivity contribution in [1.82, 2.24) is 24.2 Å². The Morgan fingerprint density at radius 1 is 1.33 bits per heavy atom. The Morgan fingerprint density at radius 2 is 2.22 bits per heavy atom. The second kappa shape index (κ2) is 7.65. The summed E-state index contributed by atoms with van der Waals surface area (Å²) in [6, 6.07) is 7.63. The van der Waals surface area contributed by atoms with E-state index in [4.69, 9.17) is 4.74 Å². The number of piperidine rings is 1. The van der Waals surface area contributed by atoms with E-state index in [9.17, 15) is 4.79 Å². The first-order valence-electron chi connectivity index (χ1n) is 9.17. The summed E-state index contributed by atoms with van der Waals surface area (Å²) in [6.45, 7) is 2.44. The van der Waals surface area contributed by atoms with E-state index in [1.165, 1.54) is 0 Å². The highest BCUT2D eigenvalue weighted by atomic mass is 16.5. The maximum absolute atomic E-state index is 13.0. The number of carbonyl (C=O) groups excluding carboxylic acids is 1. The third-order valence-electron chi connectivity index (χ3n) is 5.00. The zero-order valence-electron chi connectivity index (χ0n) is 15.4. The lowest BCUT2D eigenvalue weighted by Gasteiger charge is -2.32. The quantitative estimate of drug-likeness (QED) is 0.697. The minimum Gasteiger partial charge on any atom is -0.494 e. The van der Waals surface area contributed by atoms with Crippen LogP contribution in [0.15, 0.2) is 55.4 Å². The van der Waals surface area contributed by atoms with Crippen molar-refractivity contribution in [1.29, 1.82) is 0 Å². The van der Waals surface area contributed by atoms with E-state index in [-0.39, 0.29) is 5.91 Å². The number of nitrogens with zero attached hydrogens (tertiary/aromatic N) is 5. The molecule has 1 aromatic carbocycles. The minimum atomic E-state index is 0.0338. The number of amides is 1. The van der Waals surface area contributed by atoms with E-state index in [0.29, 0.717) is 11.5 Å². The first kappa shape index (κ1) is 17.3. The predicted octanol–water partition coefficient (Wildman–Crippen LogP) is 2.63. The molecule has 3 heterocycles. The molecule has 1 unspecified atom stereocenters. The van der Waals surface area contributed by atoms with E-state index in [0.717, 1.165) is 43.9 Å². The van der Waals surface area contributed by atoms with Crippen LogP contribution >= 0.6 is 0 Å². The fraction of sp³-hybridized carbons (Fsp3) is 0.350. The molecule has 1 saturated heterocycles. The number of carbonyl (C=O) groups is 1. The zero-order chi connectivity index (χ0) is 18.6. The number of imidazole rings is 1. The lowest BCUT2D eigenvalue weighted by Crippen LogP contribution is -2.40. The van der Waals surface area contributed by atoms with Gasteiger partial charge in [-0.25, -0.2) is 9.67 Å². The molecular weight excluding hydrogens is 342 g/mol. The Balaban J connectivity index is 1.47. The number of hydrogen-bond donors (Lipinski definition) is 0. The Hall–Kier alpha value is -3.09. The smallest absolute Gasteiger partial charge is 0.257 e. The van der Waals surface area contributed by atoms with Gasteiger partial charge in [-0.2, -0.15) is 5.10 Å². The average Bonchev–Trinajstić information content (AvgIpc) is 3.40. The summed E-state index contributed by atoms with van der Waals surface area (Å²) < 4.78 is 9.16. The predicted molar refractivity (Wildman–Crippen MR) is 101 cm³/mol. The van der Waals surface area contributed by atoms with Crippen LogP contribution < -0.4 is 4.74 Å². The second-order valence-electron chi connectivity index (χ2n) is 6.86. The van der Waals surface area contributed by atoms with Crippen molar-refractivity contribution in [2.24, 2.45) is 5.92 Å². The number of likely N-dealkylation sites (tertiary alicyclic amines) is 1. The van der Waals surface area contributed by atoms with Crippen LogP contribution in [0.3, 0.4) is 0 Å². The maximum atomic E-state index is 13.0. The van der Waals surface area contributed by atoms with Crippen LogP contribution in [0, 0.1) is 5.92 Å². The lowest BCUT2D eigenvalue weighted by molar-refractivity contribution is 0.0662. The summed E-state index contributed by atoms with van der Waals surface area (Å²) in [5, 5.41) is 4.37. The first-order valence-corrected chi connectivity index (χ1v) is 9.17. The summed E-state index contributed by atoms with van der Waals surface area (Å²) in [6.07, 6.45) is 11.1. The van der Waals surface area contributed by atoms with Gasteiger partial charge in [-0.15, -0.1) is 0 Å². The topological polar surface area (TPSA) is 65.2 Å². The molecule has 0 radical (unpaired) electrons. The molecule has 27 heavy (non-hydrogen) atoms. The summed E-state index contributed by atoms with van der Waals surface area (Å²) in [7, 11) is 1.63. The number of hydrogen-bond acceptors (Lipinski definition) is 4. The molecule has 0 saturated carbocycles. The van der Waals surface area contributed by atoms with Gasteiger partial charge in [-0.05, 0) is 30.9 Å². The average molecular weight is 365 g/mol. The van der Waals surface area contributed by atoms with Crippen molar-refractivity contribution in [2.75, 3.05) is 20.2 Å². The van der Waals surface area contributed by atoms with Crippen LogP contribution in [-0.2, 0) is 6.54 Å². The van der Waals surface area contributed by atoms with Gasteiger partial charge in [0.1, 0.15) is 11.4 Å². The molecule has 0 spiro atoms. The normalized spacial score (nSPS) is 17.1. The standard InChI is InChI=1S/C20H23N5O2/c1-27-19-7-3-2-6-18(19)25-14-17(11-22-25)20(26)24-9-4-5-16(13-24)12-23-10-8-21-15-23/h2-3,6-8,10-11,14-16H,4-5,9,12-13H2,1H3. The number of rotatable bonds is 5. The van der Waals surface area contributed by atoms with Gasteiger partial charge in [0.25, 0.3) is 5.91 Å². The van der Waals surface area contributed by atoms with Gasteiger partial charge >= 0.3 is 0 Å². The molecular formula is C20H23N5O2. The largest absolute Gasteiger partial charge is 0.494 e. The molecule has 7 heteroatoms. The number of para-hydroxylation sites is 2. The van der Waals surface area contributed by atoms with Crippen LogP contribution in [0.5, 0.6) is 5.75 Å². The van der Waals surface area contributed by atoms with E-state index in [1.807, 2.05) is 41.7 Å². The van der Waals surface area contributed by atoms with Gasteiger partial charge < -0.3 is 14.2 Å². The first-order chi connectivity index (χ1) is 13.2. The SMILES string of the molecule is COc1ccccc1-n1cc(C(=O)N2CCCC(Cn3ccnc3)C2)cn1. The van der Waals surface area contributed by atoms with Crippen molar-refractivity contribution in [3.63, 3.8) is 0 Å². The van der Waals surface area contributed by atoms with Crippen LogP contribution in [-0.4, -0.2) is 50.3 Å². The summed E-state index contributed by atoms with van der Waals surface area (Å²) >= 11 is 0.